The largest absolute Gasteiger partial charge is 0.469 e. The molecule has 0 spiro atoms. The number of thioether (sulfide) groups is 1. The maximum absolute atomic E-state index is 11.6. The van der Waals surface area contributed by atoms with Crippen molar-refractivity contribution in [2.75, 3.05) is 19.5 Å². The van der Waals surface area contributed by atoms with Gasteiger partial charge in [0.1, 0.15) is 12.6 Å². The number of carbonyl (C=O) groups is 2. The average molecular weight is 275 g/mol. The lowest BCUT2D eigenvalue weighted by molar-refractivity contribution is -0.144. The molecular formula is C12H21NO4S. The molecule has 0 aliphatic heterocycles. The van der Waals surface area contributed by atoms with Gasteiger partial charge in [-0.3, -0.25) is 9.59 Å². The van der Waals surface area contributed by atoms with Crippen molar-refractivity contribution in [3.63, 3.8) is 0 Å². The molecule has 1 atom stereocenters. The van der Waals surface area contributed by atoms with Gasteiger partial charge in [0.25, 0.3) is 0 Å². The van der Waals surface area contributed by atoms with Crippen molar-refractivity contribution >= 4 is 23.7 Å². The number of carbonyl (C=O) groups excluding carboxylic acids is 2. The number of rotatable bonds is 8. The van der Waals surface area contributed by atoms with Crippen LogP contribution < -0.4 is 5.73 Å². The van der Waals surface area contributed by atoms with E-state index >= 15 is 0 Å². The minimum atomic E-state index is -0.750. The van der Waals surface area contributed by atoms with Gasteiger partial charge >= 0.3 is 11.9 Å². The lowest BCUT2D eigenvalue weighted by Gasteiger charge is -2.29. The molecule has 6 heteroatoms. The van der Waals surface area contributed by atoms with E-state index in [0.717, 1.165) is 0 Å². The van der Waals surface area contributed by atoms with Crippen LogP contribution in [0.2, 0.25) is 0 Å². The fourth-order valence-corrected chi connectivity index (χ4v) is 2.17. The van der Waals surface area contributed by atoms with Gasteiger partial charge in [-0.15, -0.1) is 0 Å². The van der Waals surface area contributed by atoms with Crippen LogP contribution >= 0.6 is 11.8 Å². The highest BCUT2D eigenvalue weighted by atomic mass is 32.2. The summed E-state index contributed by atoms with van der Waals surface area (Å²) in [6.45, 7) is 7.29. The smallest absolute Gasteiger partial charge is 0.324 e. The van der Waals surface area contributed by atoms with Gasteiger partial charge in [-0.2, -0.15) is 11.8 Å². The number of esters is 2. The molecule has 0 aromatic heterocycles. The molecule has 5 nitrogen and oxygen atoms in total. The third-order valence-corrected chi connectivity index (χ3v) is 3.76. The Labute approximate surface area is 112 Å². The van der Waals surface area contributed by atoms with Gasteiger partial charge in [0, 0.05) is 10.5 Å². The second-order valence-electron chi connectivity index (χ2n) is 4.17. The molecule has 0 aromatic rings. The predicted molar refractivity (Wildman–Crippen MR) is 72.3 cm³/mol. The summed E-state index contributed by atoms with van der Waals surface area (Å²) in [4.78, 5) is 22.6. The lowest BCUT2D eigenvalue weighted by atomic mass is 10.0. The van der Waals surface area contributed by atoms with Crippen molar-refractivity contribution in [2.24, 2.45) is 5.73 Å². The fourth-order valence-electron chi connectivity index (χ4n) is 1.10. The van der Waals surface area contributed by atoms with Crippen LogP contribution in [0.25, 0.3) is 0 Å². The first-order chi connectivity index (χ1) is 8.35. The van der Waals surface area contributed by atoms with Gasteiger partial charge in [0.15, 0.2) is 0 Å². The van der Waals surface area contributed by atoms with Crippen LogP contribution in [0.5, 0.6) is 0 Å². The minimum Gasteiger partial charge on any atom is -0.469 e. The molecule has 0 heterocycles. The van der Waals surface area contributed by atoms with Crippen molar-refractivity contribution in [1.29, 1.82) is 0 Å². The molecule has 0 saturated heterocycles. The van der Waals surface area contributed by atoms with Crippen LogP contribution in [0.15, 0.2) is 12.7 Å². The van der Waals surface area contributed by atoms with E-state index in [1.807, 2.05) is 13.8 Å². The molecule has 0 aromatic carbocycles. The van der Waals surface area contributed by atoms with Gasteiger partial charge < -0.3 is 15.2 Å². The molecule has 0 radical (unpaired) electrons. The summed E-state index contributed by atoms with van der Waals surface area (Å²) in [5.74, 6) is -0.200. The van der Waals surface area contributed by atoms with Crippen LogP contribution in [-0.2, 0) is 19.1 Å². The van der Waals surface area contributed by atoms with E-state index in [4.69, 9.17) is 10.5 Å². The summed E-state index contributed by atoms with van der Waals surface area (Å²) < 4.78 is 8.93. The molecule has 0 amide bonds. The molecule has 18 heavy (non-hydrogen) atoms. The summed E-state index contributed by atoms with van der Waals surface area (Å²) >= 11 is 1.44. The Morgan fingerprint density at radius 3 is 2.61 bits per heavy atom. The van der Waals surface area contributed by atoms with Crippen LogP contribution in [-0.4, -0.2) is 42.2 Å². The predicted octanol–water partition coefficient (Wildman–Crippen LogP) is 1.12. The van der Waals surface area contributed by atoms with E-state index in [0.29, 0.717) is 12.2 Å². The van der Waals surface area contributed by atoms with Gasteiger partial charge in [0.2, 0.25) is 0 Å². The molecule has 0 fully saturated rings. The SMILES string of the molecule is C=CCOC(=O)[C@H](N)C(C)(C)SCCC(=O)OC. The molecule has 2 N–H and O–H groups in total. The number of ether oxygens (including phenoxy) is 2. The quantitative estimate of drug-likeness (QED) is 0.528. The summed E-state index contributed by atoms with van der Waals surface area (Å²) in [7, 11) is 1.34. The first kappa shape index (κ1) is 17.0. The maximum atomic E-state index is 11.6. The second kappa shape index (κ2) is 8.16. The Bertz CT molecular complexity index is 304. The molecule has 0 aliphatic carbocycles. The zero-order chi connectivity index (χ0) is 14.2. The fraction of sp³-hybridized carbons (Fsp3) is 0.667. The van der Waals surface area contributed by atoms with Crippen molar-refractivity contribution in [1.82, 2.24) is 0 Å². The summed E-state index contributed by atoms with van der Waals surface area (Å²) in [5.41, 5.74) is 5.84. The molecule has 0 unspecified atom stereocenters. The maximum Gasteiger partial charge on any atom is 0.324 e. The van der Waals surface area contributed by atoms with Crippen LogP contribution in [0, 0.1) is 0 Å². The van der Waals surface area contributed by atoms with Gasteiger partial charge in [-0.05, 0) is 13.8 Å². The van der Waals surface area contributed by atoms with Gasteiger partial charge in [-0.1, -0.05) is 12.7 Å². The van der Waals surface area contributed by atoms with E-state index in [1.54, 1.807) is 0 Å². The summed E-state index contributed by atoms with van der Waals surface area (Å²) in [5, 5.41) is 0. The molecule has 0 bridgehead atoms. The Morgan fingerprint density at radius 1 is 1.50 bits per heavy atom. The number of hydrogen-bond acceptors (Lipinski definition) is 6. The lowest BCUT2D eigenvalue weighted by Crippen LogP contribution is -2.48. The van der Waals surface area contributed by atoms with E-state index in [9.17, 15) is 9.59 Å². The highest BCUT2D eigenvalue weighted by Crippen LogP contribution is 2.28. The number of nitrogens with two attached hydrogens (primary N) is 1. The zero-order valence-corrected chi connectivity index (χ0v) is 11.9. The van der Waals surface area contributed by atoms with Crippen molar-refractivity contribution in [3.8, 4) is 0 Å². The molecule has 0 aliphatic rings. The highest BCUT2D eigenvalue weighted by molar-refractivity contribution is 8.00. The Morgan fingerprint density at radius 2 is 2.11 bits per heavy atom. The van der Waals surface area contributed by atoms with Crippen LogP contribution in [0.3, 0.4) is 0 Å². The van der Waals surface area contributed by atoms with Crippen LogP contribution in [0.1, 0.15) is 20.3 Å². The molecule has 104 valence electrons. The Kier molecular flexibility index (Phi) is 7.70. The number of hydrogen-bond donors (Lipinski definition) is 1. The first-order valence-electron chi connectivity index (χ1n) is 5.59. The van der Waals surface area contributed by atoms with Crippen molar-refractivity contribution < 1.29 is 19.1 Å². The topological polar surface area (TPSA) is 78.6 Å². The second-order valence-corrected chi connectivity index (χ2v) is 5.92. The molecular weight excluding hydrogens is 254 g/mol. The standard InChI is InChI=1S/C12H21NO4S/c1-5-7-17-11(15)10(13)12(2,3)18-8-6-9(14)16-4/h5,10H,1,6-8,13H2,2-4H3/t10-/m0/s1. The molecule has 0 rings (SSSR count). The van der Waals surface area contributed by atoms with Gasteiger partial charge in [0.05, 0.1) is 13.5 Å². The van der Waals surface area contributed by atoms with E-state index in [-0.39, 0.29) is 12.6 Å². The van der Waals surface area contributed by atoms with E-state index in [2.05, 4.69) is 11.3 Å². The first-order valence-corrected chi connectivity index (χ1v) is 6.57. The molecule has 0 saturated carbocycles. The third kappa shape index (κ3) is 6.07. The summed E-state index contributed by atoms with van der Waals surface area (Å²) in [6, 6.07) is -0.750. The monoisotopic (exact) mass is 275 g/mol. The number of methoxy groups -OCH3 is 1. The van der Waals surface area contributed by atoms with E-state index < -0.39 is 16.8 Å². The minimum absolute atomic E-state index is 0.148. The average Bonchev–Trinajstić information content (AvgIpc) is 2.34. The van der Waals surface area contributed by atoms with E-state index in [1.165, 1.54) is 24.9 Å². The third-order valence-electron chi connectivity index (χ3n) is 2.35. The summed E-state index contributed by atoms with van der Waals surface area (Å²) in [6.07, 6.45) is 1.78. The van der Waals surface area contributed by atoms with Crippen LogP contribution in [0.4, 0.5) is 0 Å². The van der Waals surface area contributed by atoms with Crippen molar-refractivity contribution in [3.05, 3.63) is 12.7 Å². The normalized spacial score (nSPS) is 12.7. The Balaban J connectivity index is 4.20. The highest BCUT2D eigenvalue weighted by Gasteiger charge is 2.33. The Hall–Kier alpha value is -1.01. The zero-order valence-electron chi connectivity index (χ0n) is 11.1. The van der Waals surface area contributed by atoms with Gasteiger partial charge in [-0.25, -0.2) is 0 Å². The van der Waals surface area contributed by atoms with Crippen molar-refractivity contribution in [2.45, 2.75) is 31.1 Å².